The largest absolute Gasteiger partial charge is 0.484 e. The molecule has 1 atom stereocenters. The van der Waals surface area contributed by atoms with Crippen LogP contribution in [0.4, 0.5) is 13.2 Å². The molecule has 1 unspecified atom stereocenters. The lowest BCUT2D eigenvalue weighted by molar-refractivity contribution is -0.153. The monoisotopic (exact) mass is 487 g/mol. The van der Waals surface area contributed by atoms with Gasteiger partial charge in [-0.25, -0.2) is 4.99 Å². The van der Waals surface area contributed by atoms with Crippen molar-refractivity contribution in [3.05, 3.63) is 29.8 Å². The number of nitrogens with one attached hydrogen (secondary N) is 2. The topological polar surface area (TPSA) is 54.9 Å². The van der Waals surface area contributed by atoms with Crippen molar-refractivity contribution >= 4 is 29.9 Å². The van der Waals surface area contributed by atoms with Gasteiger partial charge in [-0.1, -0.05) is 12.1 Å². The molecule has 1 aliphatic heterocycles. The molecule has 0 amide bonds. The van der Waals surface area contributed by atoms with Crippen LogP contribution in [0.25, 0.3) is 0 Å². The average Bonchev–Trinajstić information content (AvgIpc) is 3.09. The Balaban J connectivity index is 0.00000338. The van der Waals surface area contributed by atoms with E-state index in [2.05, 4.69) is 20.4 Å². The Hall–Kier alpha value is -1.23. The lowest BCUT2D eigenvalue weighted by atomic mass is 10.2. The van der Waals surface area contributed by atoms with Crippen LogP contribution in [0.5, 0.6) is 5.75 Å². The summed E-state index contributed by atoms with van der Waals surface area (Å²) < 4.78 is 46.6. The third-order valence-electron chi connectivity index (χ3n) is 3.61. The molecule has 148 valence electrons. The SMILES string of the molecule is CCNC(=NCc1ccc(OCC(F)(F)F)cc1)NCC1CCCO1.I. The number of nitrogens with zero attached hydrogens (tertiary/aromatic N) is 1. The Morgan fingerprint density at radius 2 is 2.00 bits per heavy atom. The second-order valence-electron chi connectivity index (χ2n) is 5.76. The van der Waals surface area contributed by atoms with Crippen LogP contribution >= 0.6 is 24.0 Å². The minimum Gasteiger partial charge on any atom is -0.484 e. The van der Waals surface area contributed by atoms with E-state index in [1.165, 1.54) is 12.1 Å². The van der Waals surface area contributed by atoms with E-state index >= 15 is 0 Å². The summed E-state index contributed by atoms with van der Waals surface area (Å²) in [4.78, 5) is 4.48. The van der Waals surface area contributed by atoms with E-state index < -0.39 is 12.8 Å². The van der Waals surface area contributed by atoms with E-state index in [-0.39, 0.29) is 35.8 Å². The summed E-state index contributed by atoms with van der Waals surface area (Å²) in [5.41, 5.74) is 0.883. The molecule has 2 rings (SSSR count). The molecule has 1 heterocycles. The second kappa shape index (κ2) is 11.5. The molecular formula is C17H25F3IN3O2. The Bertz CT molecular complexity index is 547. The third kappa shape index (κ3) is 8.93. The van der Waals surface area contributed by atoms with Crippen LogP contribution in [-0.2, 0) is 11.3 Å². The third-order valence-corrected chi connectivity index (χ3v) is 3.61. The number of alkyl halides is 3. The maximum atomic E-state index is 12.1. The number of aliphatic imine (C=N–C) groups is 1. The Kier molecular flexibility index (Phi) is 10.1. The lowest BCUT2D eigenvalue weighted by Gasteiger charge is -2.14. The summed E-state index contributed by atoms with van der Waals surface area (Å²) in [5, 5.41) is 6.40. The van der Waals surface area contributed by atoms with Gasteiger partial charge >= 0.3 is 6.18 Å². The number of ether oxygens (including phenoxy) is 2. The number of guanidine groups is 1. The molecule has 0 bridgehead atoms. The van der Waals surface area contributed by atoms with Gasteiger partial charge in [0.25, 0.3) is 0 Å². The van der Waals surface area contributed by atoms with E-state index in [0.29, 0.717) is 19.0 Å². The van der Waals surface area contributed by atoms with E-state index in [9.17, 15) is 13.2 Å². The van der Waals surface area contributed by atoms with Crippen molar-refractivity contribution in [1.29, 1.82) is 0 Å². The first-order valence-electron chi connectivity index (χ1n) is 8.38. The van der Waals surface area contributed by atoms with Crippen LogP contribution in [0.15, 0.2) is 29.3 Å². The van der Waals surface area contributed by atoms with Crippen LogP contribution in [0.2, 0.25) is 0 Å². The number of halogens is 4. The van der Waals surface area contributed by atoms with Crippen molar-refractivity contribution in [3.63, 3.8) is 0 Å². The molecule has 2 N–H and O–H groups in total. The summed E-state index contributed by atoms with van der Waals surface area (Å²) in [7, 11) is 0. The van der Waals surface area contributed by atoms with Crippen LogP contribution in [0.1, 0.15) is 25.3 Å². The Morgan fingerprint density at radius 1 is 1.27 bits per heavy atom. The minimum absolute atomic E-state index is 0. The first kappa shape index (κ1) is 22.8. The molecular weight excluding hydrogens is 462 g/mol. The number of hydrogen-bond acceptors (Lipinski definition) is 3. The van der Waals surface area contributed by atoms with Crippen LogP contribution in [0, 0.1) is 0 Å². The molecule has 9 heteroatoms. The normalized spacial score (nSPS) is 17.5. The van der Waals surface area contributed by atoms with Gasteiger partial charge in [-0.2, -0.15) is 13.2 Å². The lowest BCUT2D eigenvalue weighted by Crippen LogP contribution is -2.41. The Morgan fingerprint density at radius 3 is 2.58 bits per heavy atom. The summed E-state index contributed by atoms with van der Waals surface area (Å²) in [6.45, 7) is 3.36. The van der Waals surface area contributed by atoms with Crippen molar-refractivity contribution in [2.45, 2.75) is 38.6 Å². The summed E-state index contributed by atoms with van der Waals surface area (Å²) in [5.74, 6) is 0.879. The molecule has 0 radical (unpaired) electrons. The predicted molar refractivity (Wildman–Crippen MR) is 105 cm³/mol. The smallest absolute Gasteiger partial charge is 0.422 e. The van der Waals surface area contributed by atoms with Crippen molar-refractivity contribution < 1.29 is 22.6 Å². The van der Waals surface area contributed by atoms with E-state index in [0.717, 1.165) is 31.6 Å². The van der Waals surface area contributed by atoms with E-state index in [1.807, 2.05) is 6.92 Å². The average molecular weight is 487 g/mol. The van der Waals surface area contributed by atoms with Gasteiger partial charge in [0.05, 0.1) is 12.6 Å². The first-order valence-corrected chi connectivity index (χ1v) is 8.38. The maximum Gasteiger partial charge on any atom is 0.422 e. The highest BCUT2D eigenvalue weighted by Crippen LogP contribution is 2.19. The van der Waals surface area contributed by atoms with Gasteiger partial charge in [0.15, 0.2) is 12.6 Å². The number of rotatable bonds is 7. The van der Waals surface area contributed by atoms with Gasteiger partial charge in [-0.15, -0.1) is 24.0 Å². The zero-order chi connectivity index (χ0) is 18.1. The molecule has 0 saturated carbocycles. The number of benzene rings is 1. The molecule has 0 spiro atoms. The fraction of sp³-hybridized carbons (Fsp3) is 0.588. The van der Waals surface area contributed by atoms with Crippen LogP contribution < -0.4 is 15.4 Å². The molecule has 1 saturated heterocycles. The molecule has 1 aliphatic rings. The van der Waals surface area contributed by atoms with Gasteiger partial charge in [-0.05, 0) is 37.5 Å². The van der Waals surface area contributed by atoms with E-state index in [4.69, 9.17) is 4.74 Å². The summed E-state index contributed by atoms with van der Waals surface area (Å²) >= 11 is 0. The molecule has 1 fully saturated rings. The van der Waals surface area contributed by atoms with Gasteiger partial charge in [0.1, 0.15) is 5.75 Å². The molecule has 26 heavy (non-hydrogen) atoms. The van der Waals surface area contributed by atoms with Crippen LogP contribution in [0.3, 0.4) is 0 Å². The minimum atomic E-state index is -4.33. The first-order chi connectivity index (χ1) is 12.0. The fourth-order valence-electron chi connectivity index (χ4n) is 2.38. The summed E-state index contributed by atoms with van der Waals surface area (Å²) in [6, 6.07) is 6.45. The second-order valence-corrected chi connectivity index (χ2v) is 5.76. The van der Waals surface area contributed by atoms with Gasteiger partial charge in [0.2, 0.25) is 0 Å². The fourth-order valence-corrected chi connectivity index (χ4v) is 2.38. The van der Waals surface area contributed by atoms with Gasteiger partial charge in [-0.3, -0.25) is 0 Å². The zero-order valence-corrected chi connectivity index (χ0v) is 17.0. The van der Waals surface area contributed by atoms with Crippen molar-refractivity contribution in [2.24, 2.45) is 4.99 Å². The van der Waals surface area contributed by atoms with Gasteiger partial charge in [0, 0.05) is 19.7 Å². The number of hydrogen-bond donors (Lipinski definition) is 2. The molecule has 0 aliphatic carbocycles. The molecule has 1 aromatic carbocycles. The van der Waals surface area contributed by atoms with Gasteiger partial charge < -0.3 is 20.1 Å². The Labute approximate surface area is 168 Å². The standard InChI is InChI=1S/C17H24F3N3O2.HI/c1-2-21-16(23-11-15-4-3-9-24-15)22-10-13-5-7-14(8-6-13)25-12-17(18,19)20;/h5-8,15H,2-4,9-12H2,1H3,(H2,21,22,23);1H. The highest BCUT2D eigenvalue weighted by atomic mass is 127. The van der Waals surface area contributed by atoms with Crippen LogP contribution in [-0.4, -0.2) is 44.5 Å². The maximum absolute atomic E-state index is 12.1. The quantitative estimate of drug-likeness (QED) is 0.352. The van der Waals surface area contributed by atoms with Crippen molar-refractivity contribution in [2.75, 3.05) is 26.3 Å². The zero-order valence-electron chi connectivity index (χ0n) is 14.6. The van der Waals surface area contributed by atoms with Crippen molar-refractivity contribution in [3.8, 4) is 5.75 Å². The predicted octanol–water partition coefficient (Wildman–Crippen LogP) is 3.48. The highest BCUT2D eigenvalue weighted by Gasteiger charge is 2.28. The molecule has 0 aromatic heterocycles. The van der Waals surface area contributed by atoms with E-state index in [1.54, 1.807) is 12.1 Å². The molecule has 1 aromatic rings. The summed E-state index contributed by atoms with van der Waals surface area (Å²) in [6.07, 6.45) is -1.98. The molecule has 5 nitrogen and oxygen atoms in total. The van der Waals surface area contributed by atoms with Crippen molar-refractivity contribution in [1.82, 2.24) is 10.6 Å². The highest BCUT2D eigenvalue weighted by molar-refractivity contribution is 14.0.